The van der Waals surface area contributed by atoms with E-state index in [0.29, 0.717) is 16.7 Å². The maximum Gasteiger partial charge on any atom is 0.329 e. The molecule has 4 rings (SSSR count). The van der Waals surface area contributed by atoms with Crippen molar-refractivity contribution in [1.82, 2.24) is 15.0 Å². The zero-order valence-electron chi connectivity index (χ0n) is 15.1. The molecule has 0 N–H and O–H groups in total. The minimum Gasteiger partial charge on any atom is -0.458 e. The normalized spacial score (nSPS) is 16.8. The maximum absolute atomic E-state index is 12.7. The first-order chi connectivity index (χ1) is 13.7. The van der Waals surface area contributed by atoms with E-state index in [2.05, 4.69) is 15.0 Å². The van der Waals surface area contributed by atoms with Gasteiger partial charge in [0, 0.05) is 29.9 Å². The Balaban J connectivity index is 1.42. The Hall–Kier alpha value is -2.51. The number of piperidine rings is 1. The van der Waals surface area contributed by atoms with Crippen LogP contribution >= 0.6 is 22.9 Å². The van der Waals surface area contributed by atoms with Gasteiger partial charge in [0.05, 0.1) is 10.7 Å². The van der Waals surface area contributed by atoms with Crippen LogP contribution in [0, 0.1) is 0 Å². The van der Waals surface area contributed by atoms with E-state index in [1.54, 1.807) is 18.5 Å². The summed E-state index contributed by atoms with van der Waals surface area (Å²) in [5.41, 5.74) is 1.60. The molecular formula is C20H19ClN4O2S. The van der Waals surface area contributed by atoms with E-state index in [1.807, 2.05) is 34.5 Å². The van der Waals surface area contributed by atoms with Crippen LogP contribution in [0.25, 0.3) is 10.6 Å². The molecule has 0 bridgehead atoms. The molecule has 144 valence electrons. The predicted molar refractivity (Wildman–Crippen MR) is 109 cm³/mol. The molecule has 0 saturated carbocycles. The van der Waals surface area contributed by atoms with Gasteiger partial charge >= 0.3 is 5.97 Å². The van der Waals surface area contributed by atoms with Gasteiger partial charge in [-0.05, 0) is 31.4 Å². The second kappa shape index (κ2) is 8.67. The van der Waals surface area contributed by atoms with E-state index >= 15 is 0 Å². The molecule has 8 heteroatoms. The van der Waals surface area contributed by atoms with Crippen molar-refractivity contribution in [1.29, 1.82) is 0 Å². The average Bonchev–Trinajstić information content (AvgIpc) is 3.22. The zero-order valence-corrected chi connectivity index (χ0v) is 16.7. The minimum absolute atomic E-state index is 0.139. The Bertz CT molecular complexity index is 950. The topological polar surface area (TPSA) is 68.2 Å². The third-order valence-electron chi connectivity index (χ3n) is 4.60. The Morgan fingerprint density at radius 1 is 1.21 bits per heavy atom. The minimum atomic E-state index is -0.363. The second-order valence-electron chi connectivity index (χ2n) is 6.49. The highest BCUT2D eigenvalue weighted by atomic mass is 35.5. The number of esters is 1. The van der Waals surface area contributed by atoms with Gasteiger partial charge in [-0.15, -0.1) is 11.3 Å². The molecule has 0 amide bonds. The molecule has 1 aliphatic heterocycles. The average molecular weight is 415 g/mol. The Kier molecular flexibility index (Phi) is 5.83. The van der Waals surface area contributed by atoms with Gasteiger partial charge in [-0.2, -0.15) is 0 Å². The number of carbonyl (C=O) groups excluding carboxylic acids is 1. The molecule has 1 atom stereocenters. The summed E-state index contributed by atoms with van der Waals surface area (Å²) in [6, 6.07) is 8.97. The van der Waals surface area contributed by atoms with Crippen LogP contribution in [0.3, 0.4) is 0 Å². The summed E-state index contributed by atoms with van der Waals surface area (Å²) in [6.07, 6.45) is 6.10. The Labute approximate surface area is 172 Å². The Morgan fingerprint density at radius 3 is 2.86 bits per heavy atom. The predicted octanol–water partition coefficient (Wildman–Crippen LogP) is 4.36. The maximum atomic E-state index is 12.7. The fraction of sp³-hybridized carbons (Fsp3) is 0.300. The van der Waals surface area contributed by atoms with Gasteiger partial charge in [-0.3, -0.25) is 0 Å². The lowest BCUT2D eigenvalue weighted by Crippen LogP contribution is -2.46. The van der Waals surface area contributed by atoms with E-state index in [0.717, 1.165) is 36.4 Å². The number of benzene rings is 1. The lowest BCUT2D eigenvalue weighted by molar-refractivity contribution is -0.147. The second-order valence-corrected chi connectivity index (χ2v) is 7.75. The van der Waals surface area contributed by atoms with Crippen LogP contribution in [0.5, 0.6) is 0 Å². The number of halogens is 1. The summed E-state index contributed by atoms with van der Waals surface area (Å²) in [5, 5.41) is 3.36. The summed E-state index contributed by atoms with van der Waals surface area (Å²) in [4.78, 5) is 27.8. The smallest absolute Gasteiger partial charge is 0.329 e. The van der Waals surface area contributed by atoms with Crippen molar-refractivity contribution in [3.63, 3.8) is 0 Å². The molecule has 1 fully saturated rings. The van der Waals surface area contributed by atoms with Crippen molar-refractivity contribution in [2.24, 2.45) is 0 Å². The highest BCUT2D eigenvalue weighted by Gasteiger charge is 2.31. The number of hydrogen-bond acceptors (Lipinski definition) is 7. The van der Waals surface area contributed by atoms with Crippen molar-refractivity contribution in [3.05, 3.63) is 58.8 Å². The van der Waals surface area contributed by atoms with Crippen LogP contribution < -0.4 is 4.90 Å². The van der Waals surface area contributed by atoms with Crippen molar-refractivity contribution < 1.29 is 9.53 Å². The van der Waals surface area contributed by atoms with Crippen molar-refractivity contribution in [2.75, 3.05) is 11.4 Å². The van der Waals surface area contributed by atoms with Gasteiger partial charge in [0.25, 0.3) is 0 Å². The van der Waals surface area contributed by atoms with Crippen LogP contribution in [0.15, 0.2) is 48.1 Å². The molecule has 0 unspecified atom stereocenters. The van der Waals surface area contributed by atoms with E-state index < -0.39 is 0 Å². The fourth-order valence-electron chi connectivity index (χ4n) is 3.23. The number of aromatic nitrogens is 3. The first-order valence-corrected chi connectivity index (χ1v) is 10.4. The number of rotatable bonds is 5. The molecule has 1 aliphatic rings. The van der Waals surface area contributed by atoms with Crippen LogP contribution in [-0.2, 0) is 16.1 Å². The monoisotopic (exact) mass is 414 g/mol. The number of anilines is 1. The molecule has 0 spiro atoms. The SMILES string of the molecule is O=C(OCc1csc(-c2ccccc2Cl)n1)[C@@H]1CCCCN1c1ncccn1. The lowest BCUT2D eigenvalue weighted by Gasteiger charge is -2.33. The zero-order chi connectivity index (χ0) is 19.3. The van der Waals surface area contributed by atoms with Crippen LogP contribution in [0.2, 0.25) is 5.02 Å². The molecule has 3 aromatic rings. The molecule has 2 aromatic heterocycles. The summed E-state index contributed by atoms with van der Waals surface area (Å²) in [7, 11) is 0. The molecule has 1 saturated heterocycles. The highest BCUT2D eigenvalue weighted by Crippen LogP contribution is 2.30. The number of thiazole rings is 1. The third kappa shape index (κ3) is 4.15. The molecule has 28 heavy (non-hydrogen) atoms. The van der Waals surface area contributed by atoms with E-state index in [-0.39, 0.29) is 18.6 Å². The van der Waals surface area contributed by atoms with Gasteiger partial charge in [-0.25, -0.2) is 19.7 Å². The lowest BCUT2D eigenvalue weighted by atomic mass is 10.0. The van der Waals surface area contributed by atoms with E-state index in [4.69, 9.17) is 16.3 Å². The number of carbonyl (C=O) groups is 1. The summed E-state index contributed by atoms with van der Waals surface area (Å²) < 4.78 is 5.57. The van der Waals surface area contributed by atoms with Crippen LogP contribution in [0.4, 0.5) is 5.95 Å². The quantitative estimate of drug-likeness (QED) is 0.578. The Morgan fingerprint density at radius 2 is 2.04 bits per heavy atom. The molecule has 0 radical (unpaired) electrons. The molecule has 6 nitrogen and oxygen atoms in total. The molecule has 0 aliphatic carbocycles. The summed E-state index contributed by atoms with van der Waals surface area (Å²) in [6.45, 7) is 0.886. The van der Waals surface area contributed by atoms with Crippen molar-refractivity contribution in [2.45, 2.75) is 31.9 Å². The number of ether oxygens (including phenoxy) is 1. The molecule has 1 aromatic carbocycles. The molecular weight excluding hydrogens is 396 g/mol. The van der Waals surface area contributed by atoms with E-state index in [1.165, 1.54) is 11.3 Å². The van der Waals surface area contributed by atoms with Crippen LogP contribution in [-0.4, -0.2) is 33.5 Å². The van der Waals surface area contributed by atoms with E-state index in [9.17, 15) is 4.79 Å². The highest BCUT2D eigenvalue weighted by molar-refractivity contribution is 7.13. The standard InChI is InChI=1S/C20H19ClN4O2S/c21-16-7-2-1-6-15(16)18-24-14(13-28-18)12-27-19(26)17-8-3-4-11-25(17)20-22-9-5-10-23-20/h1-2,5-7,9-10,13,17H,3-4,8,11-12H2/t17-/m0/s1. The van der Waals surface area contributed by atoms with Crippen molar-refractivity contribution >= 4 is 34.9 Å². The largest absolute Gasteiger partial charge is 0.458 e. The summed E-state index contributed by atoms with van der Waals surface area (Å²) >= 11 is 7.72. The summed E-state index contributed by atoms with van der Waals surface area (Å²) in [5.74, 6) is 0.304. The van der Waals surface area contributed by atoms with Gasteiger partial charge in [0.2, 0.25) is 5.95 Å². The van der Waals surface area contributed by atoms with Gasteiger partial charge < -0.3 is 9.64 Å². The third-order valence-corrected chi connectivity index (χ3v) is 5.86. The first-order valence-electron chi connectivity index (χ1n) is 9.12. The van der Waals surface area contributed by atoms with Gasteiger partial charge in [0.1, 0.15) is 17.7 Å². The fourth-order valence-corrected chi connectivity index (χ4v) is 4.35. The van der Waals surface area contributed by atoms with Crippen LogP contribution in [0.1, 0.15) is 25.0 Å². The first kappa shape index (κ1) is 18.8. The van der Waals surface area contributed by atoms with Gasteiger partial charge in [-0.1, -0.05) is 29.8 Å². The number of hydrogen-bond donors (Lipinski definition) is 0. The molecule has 3 heterocycles. The van der Waals surface area contributed by atoms with Crippen molar-refractivity contribution in [3.8, 4) is 10.6 Å². The number of nitrogens with zero attached hydrogens (tertiary/aromatic N) is 4. The van der Waals surface area contributed by atoms with Gasteiger partial charge in [0.15, 0.2) is 0 Å².